The van der Waals surface area contributed by atoms with Gasteiger partial charge in [-0.15, -0.1) is 0 Å². The molecule has 1 aromatic carbocycles. The summed E-state index contributed by atoms with van der Waals surface area (Å²) in [5.41, 5.74) is 9.39. The van der Waals surface area contributed by atoms with Crippen molar-refractivity contribution in [1.82, 2.24) is 5.32 Å². The molecule has 1 saturated heterocycles. The number of hydrogen-bond acceptors (Lipinski definition) is 2. The van der Waals surface area contributed by atoms with Crippen LogP contribution in [0.4, 0.5) is 5.69 Å². The molecule has 3 N–H and O–H groups in total. The first-order chi connectivity index (χ1) is 6.27. The minimum atomic E-state index is 0.487. The molecule has 1 atom stereocenters. The van der Waals surface area contributed by atoms with Crippen LogP contribution in [0.3, 0.4) is 0 Å². The fourth-order valence-corrected chi connectivity index (χ4v) is 1.96. The zero-order chi connectivity index (χ0) is 9.26. The Morgan fingerprint density at radius 1 is 1.46 bits per heavy atom. The second-order valence-electron chi connectivity index (χ2n) is 3.78. The van der Waals surface area contributed by atoms with E-state index in [-0.39, 0.29) is 0 Å². The normalized spacial score (nSPS) is 22.1. The standard InChI is InChI=1S/C11H16N2/c1-8-4-5-9(10(12)7-8)11-3-2-6-13-11/h4-5,7,11,13H,2-3,6,12H2,1H3. The van der Waals surface area contributed by atoms with Crippen LogP contribution in [0, 0.1) is 6.92 Å². The second kappa shape index (κ2) is 3.38. The number of nitrogen functional groups attached to an aromatic ring is 1. The molecule has 1 aliphatic rings. The Bertz CT molecular complexity index is 301. The van der Waals surface area contributed by atoms with Crippen LogP contribution in [0.5, 0.6) is 0 Å². The second-order valence-corrected chi connectivity index (χ2v) is 3.78. The molecule has 0 radical (unpaired) electrons. The van der Waals surface area contributed by atoms with Gasteiger partial charge < -0.3 is 11.1 Å². The number of rotatable bonds is 1. The average Bonchev–Trinajstić information content (AvgIpc) is 2.56. The number of nitrogens with one attached hydrogen (secondary N) is 1. The van der Waals surface area contributed by atoms with E-state index in [1.807, 2.05) is 0 Å². The van der Waals surface area contributed by atoms with Crippen molar-refractivity contribution in [3.05, 3.63) is 29.3 Å². The summed E-state index contributed by atoms with van der Waals surface area (Å²) in [7, 11) is 0. The van der Waals surface area contributed by atoms with Crippen molar-refractivity contribution >= 4 is 5.69 Å². The van der Waals surface area contributed by atoms with Gasteiger partial charge in [0.2, 0.25) is 0 Å². The van der Waals surface area contributed by atoms with Crippen LogP contribution < -0.4 is 11.1 Å². The van der Waals surface area contributed by atoms with Crippen molar-refractivity contribution in [3.8, 4) is 0 Å². The molecule has 0 amide bonds. The fraction of sp³-hybridized carbons (Fsp3) is 0.455. The third-order valence-electron chi connectivity index (χ3n) is 2.68. The van der Waals surface area contributed by atoms with E-state index < -0.39 is 0 Å². The molecular formula is C11H16N2. The van der Waals surface area contributed by atoms with Crippen molar-refractivity contribution in [2.24, 2.45) is 0 Å². The highest BCUT2D eigenvalue weighted by Gasteiger charge is 2.17. The lowest BCUT2D eigenvalue weighted by Gasteiger charge is -2.13. The molecule has 1 aromatic rings. The largest absolute Gasteiger partial charge is 0.398 e. The molecule has 0 bridgehead atoms. The van der Waals surface area contributed by atoms with Crippen molar-refractivity contribution < 1.29 is 0 Å². The molecule has 0 aliphatic carbocycles. The van der Waals surface area contributed by atoms with Gasteiger partial charge in [-0.2, -0.15) is 0 Å². The van der Waals surface area contributed by atoms with Crippen molar-refractivity contribution in [1.29, 1.82) is 0 Å². The van der Waals surface area contributed by atoms with Gasteiger partial charge >= 0.3 is 0 Å². The smallest absolute Gasteiger partial charge is 0.0365 e. The third kappa shape index (κ3) is 1.68. The molecule has 13 heavy (non-hydrogen) atoms. The summed E-state index contributed by atoms with van der Waals surface area (Å²) in [5, 5.41) is 3.45. The summed E-state index contributed by atoms with van der Waals surface area (Å²) < 4.78 is 0. The van der Waals surface area contributed by atoms with Gasteiger partial charge in [0.1, 0.15) is 0 Å². The number of aryl methyl sites for hydroxylation is 1. The van der Waals surface area contributed by atoms with E-state index in [1.54, 1.807) is 0 Å². The topological polar surface area (TPSA) is 38.0 Å². The molecule has 2 heteroatoms. The summed E-state index contributed by atoms with van der Waals surface area (Å²) in [6.45, 7) is 3.19. The first-order valence-electron chi connectivity index (χ1n) is 4.87. The molecular weight excluding hydrogens is 160 g/mol. The predicted molar refractivity (Wildman–Crippen MR) is 55.6 cm³/mol. The maximum Gasteiger partial charge on any atom is 0.0365 e. The fourth-order valence-electron chi connectivity index (χ4n) is 1.96. The molecule has 70 valence electrons. The molecule has 0 saturated carbocycles. The van der Waals surface area contributed by atoms with Crippen molar-refractivity contribution in [3.63, 3.8) is 0 Å². The third-order valence-corrected chi connectivity index (χ3v) is 2.68. The first kappa shape index (κ1) is 8.57. The van der Waals surface area contributed by atoms with Crippen LogP contribution >= 0.6 is 0 Å². The van der Waals surface area contributed by atoms with Gasteiger partial charge in [-0.05, 0) is 43.5 Å². The monoisotopic (exact) mass is 176 g/mol. The molecule has 2 rings (SSSR count). The Morgan fingerprint density at radius 3 is 2.92 bits per heavy atom. The lowest BCUT2D eigenvalue weighted by molar-refractivity contribution is 0.649. The van der Waals surface area contributed by atoms with Gasteiger partial charge in [0.25, 0.3) is 0 Å². The number of anilines is 1. The summed E-state index contributed by atoms with van der Waals surface area (Å²) in [5.74, 6) is 0. The average molecular weight is 176 g/mol. The van der Waals surface area contributed by atoms with Gasteiger partial charge in [0.05, 0.1) is 0 Å². The maximum atomic E-state index is 5.96. The highest BCUT2D eigenvalue weighted by Crippen LogP contribution is 2.27. The summed E-state index contributed by atoms with van der Waals surface area (Å²) in [6, 6.07) is 6.81. The molecule has 1 heterocycles. The molecule has 0 spiro atoms. The van der Waals surface area contributed by atoms with Crippen molar-refractivity contribution in [2.45, 2.75) is 25.8 Å². The Balaban J connectivity index is 2.29. The zero-order valence-electron chi connectivity index (χ0n) is 8.01. The summed E-state index contributed by atoms with van der Waals surface area (Å²) >= 11 is 0. The Hall–Kier alpha value is -1.02. The summed E-state index contributed by atoms with van der Waals surface area (Å²) in [4.78, 5) is 0. The minimum absolute atomic E-state index is 0.487. The van der Waals surface area contributed by atoms with Gasteiger partial charge in [0, 0.05) is 11.7 Å². The van der Waals surface area contributed by atoms with Crippen LogP contribution in [0.1, 0.15) is 30.0 Å². The quantitative estimate of drug-likeness (QED) is 0.642. The maximum absolute atomic E-state index is 5.96. The zero-order valence-corrected chi connectivity index (χ0v) is 8.01. The Kier molecular flexibility index (Phi) is 2.23. The number of nitrogens with two attached hydrogens (primary N) is 1. The molecule has 1 unspecified atom stereocenters. The van der Waals surface area contributed by atoms with Gasteiger partial charge in [-0.25, -0.2) is 0 Å². The van der Waals surface area contributed by atoms with E-state index in [9.17, 15) is 0 Å². The Morgan fingerprint density at radius 2 is 2.31 bits per heavy atom. The number of benzene rings is 1. The van der Waals surface area contributed by atoms with Crippen LogP contribution in [0.2, 0.25) is 0 Å². The van der Waals surface area contributed by atoms with E-state index in [4.69, 9.17) is 5.73 Å². The highest BCUT2D eigenvalue weighted by atomic mass is 14.9. The predicted octanol–water partition coefficient (Wildman–Crippen LogP) is 2.00. The van der Waals surface area contributed by atoms with E-state index >= 15 is 0 Å². The lowest BCUT2D eigenvalue weighted by atomic mass is 10.0. The molecule has 2 nitrogen and oxygen atoms in total. The van der Waals surface area contributed by atoms with Crippen LogP contribution in [-0.2, 0) is 0 Å². The summed E-state index contributed by atoms with van der Waals surface area (Å²) in [6.07, 6.45) is 2.48. The van der Waals surface area contributed by atoms with E-state index in [0.29, 0.717) is 6.04 Å². The minimum Gasteiger partial charge on any atom is -0.398 e. The van der Waals surface area contributed by atoms with Crippen molar-refractivity contribution in [2.75, 3.05) is 12.3 Å². The highest BCUT2D eigenvalue weighted by molar-refractivity contribution is 5.50. The molecule has 1 fully saturated rings. The Labute approximate surface area is 79.1 Å². The first-order valence-corrected chi connectivity index (χ1v) is 4.87. The molecule has 1 aliphatic heterocycles. The van der Waals surface area contributed by atoms with Crippen LogP contribution in [0.25, 0.3) is 0 Å². The lowest BCUT2D eigenvalue weighted by Crippen LogP contribution is -2.14. The van der Waals surface area contributed by atoms with E-state index in [0.717, 1.165) is 12.2 Å². The van der Waals surface area contributed by atoms with E-state index in [2.05, 4.69) is 30.4 Å². The molecule has 0 aromatic heterocycles. The van der Waals surface area contributed by atoms with E-state index in [1.165, 1.54) is 24.0 Å². The van der Waals surface area contributed by atoms with Gasteiger partial charge in [0.15, 0.2) is 0 Å². The van der Waals surface area contributed by atoms with Crippen LogP contribution in [0.15, 0.2) is 18.2 Å². The number of hydrogen-bond donors (Lipinski definition) is 2. The SMILES string of the molecule is Cc1ccc(C2CCCN2)c(N)c1. The van der Waals surface area contributed by atoms with Gasteiger partial charge in [-0.3, -0.25) is 0 Å². The van der Waals surface area contributed by atoms with Crippen LogP contribution in [-0.4, -0.2) is 6.54 Å². The van der Waals surface area contributed by atoms with Gasteiger partial charge in [-0.1, -0.05) is 12.1 Å².